The van der Waals surface area contributed by atoms with Crippen LogP contribution in [0.3, 0.4) is 0 Å². The molecule has 1 aromatic rings. The van der Waals surface area contributed by atoms with Gasteiger partial charge in [0.2, 0.25) is 11.8 Å². The number of piperidine rings is 1. The van der Waals surface area contributed by atoms with Gasteiger partial charge in [0.15, 0.2) is 5.79 Å². The Labute approximate surface area is 156 Å². The van der Waals surface area contributed by atoms with Crippen LogP contribution in [0.1, 0.15) is 19.8 Å². The monoisotopic (exact) mass is 386 g/mol. The molecule has 2 amide bonds. The van der Waals surface area contributed by atoms with Crippen molar-refractivity contribution < 1.29 is 19.1 Å². The summed E-state index contributed by atoms with van der Waals surface area (Å²) in [6.45, 7) is 3.58. The van der Waals surface area contributed by atoms with Gasteiger partial charge in [-0.25, -0.2) is 0 Å². The lowest BCUT2D eigenvalue weighted by Gasteiger charge is -2.38. The molecule has 0 atom stereocenters. The zero-order chi connectivity index (χ0) is 18.0. The minimum absolute atomic E-state index is 0.0793. The molecule has 2 fully saturated rings. The zero-order valence-electron chi connectivity index (χ0n) is 14.0. The Morgan fingerprint density at radius 2 is 1.84 bits per heavy atom. The summed E-state index contributed by atoms with van der Waals surface area (Å²) in [6.07, 6.45) is 1.27. The van der Waals surface area contributed by atoms with Crippen LogP contribution in [-0.4, -0.2) is 55.3 Å². The van der Waals surface area contributed by atoms with Crippen LogP contribution in [-0.2, 0) is 19.1 Å². The maximum atomic E-state index is 12.7. The molecule has 2 heterocycles. The molecule has 0 saturated carbocycles. The molecule has 136 valence electrons. The van der Waals surface area contributed by atoms with Crippen LogP contribution in [0.5, 0.6) is 0 Å². The van der Waals surface area contributed by atoms with E-state index in [1.807, 2.05) is 0 Å². The fraction of sp³-hybridized carbons (Fsp3) is 0.529. The Bertz CT molecular complexity index is 667. The lowest BCUT2D eigenvalue weighted by Crippen LogP contribution is -2.50. The molecule has 8 heteroatoms. The second-order valence-corrected chi connectivity index (χ2v) is 6.95. The van der Waals surface area contributed by atoms with Crippen molar-refractivity contribution in [1.29, 1.82) is 0 Å². The molecule has 1 aromatic carbocycles. The van der Waals surface area contributed by atoms with Crippen LogP contribution >= 0.6 is 23.2 Å². The third-order valence-corrected chi connectivity index (χ3v) is 5.40. The smallest absolute Gasteiger partial charge is 0.242 e. The second kappa shape index (κ2) is 7.50. The van der Waals surface area contributed by atoms with Crippen LogP contribution in [0.25, 0.3) is 0 Å². The molecule has 2 aliphatic heterocycles. The van der Waals surface area contributed by atoms with Gasteiger partial charge in [-0.3, -0.25) is 9.59 Å². The predicted octanol–water partition coefficient (Wildman–Crippen LogP) is 2.71. The van der Waals surface area contributed by atoms with E-state index >= 15 is 0 Å². The number of carbonyl (C=O) groups is 2. The van der Waals surface area contributed by atoms with E-state index in [1.165, 1.54) is 11.8 Å². The van der Waals surface area contributed by atoms with Crippen LogP contribution in [0.4, 0.5) is 5.69 Å². The number of benzene rings is 1. The fourth-order valence-corrected chi connectivity index (χ4v) is 3.58. The number of rotatable bonds is 3. The molecule has 2 saturated heterocycles. The van der Waals surface area contributed by atoms with Crippen LogP contribution < -0.4 is 4.90 Å². The van der Waals surface area contributed by atoms with E-state index in [2.05, 4.69) is 0 Å². The third-order valence-electron chi connectivity index (χ3n) is 4.59. The maximum absolute atomic E-state index is 12.7. The van der Waals surface area contributed by atoms with Gasteiger partial charge in [-0.2, -0.15) is 0 Å². The van der Waals surface area contributed by atoms with Gasteiger partial charge in [0.25, 0.3) is 0 Å². The Hall–Kier alpha value is -1.34. The topological polar surface area (TPSA) is 59.1 Å². The summed E-state index contributed by atoms with van der Waals surface area (Å²) in [5, 5.41) is 0.603. The van der Waals surface area contributed by atoms with Gasteiger partial charge in [0, 0.05) is 32.9 Å². The molecular formula is C17H20Cl2N2O4. The van der Waals surface area contributed by atoms with Gasteiger partial charge < -0.3 is 19.3 Å². The number of hydrogen-bond donors (Lipinski definition) is 0. The third kappa shape index (κ3) is 3.92. The first-order valence-electron chi connectivity index (χ1n) is 8.20. The van der Waals surface area contributed by atoms with Gasteiger partial charge in [-0.05, 0) is 12.1 Å². The Kier molecular flexibility index (Phi) is 5.53. The van der Waals surface area contributed by atoms with Gasteiger partial charge in [0.05, 0.1) is 28.9 Å². The number of carbonyl (C=O) groups excluding carboxylic acids is 2. The second-order valence-electron chi connectivity index (χ2n) is 6.17. The van der Waals surface area contributed by atoms with Gasteiger partial charge >= 0.3 is 0 Å². The molecule has 0 aliphatic carbocycles. The van der Waals surface area contributed by atoms with Gasteiger partial charge in [-0.1, -0.05) is 29.3 Å². The first-order valence-corrected chi connectivity index (χ1v) is 8.95. The quantitative estimate of drug-likeness (QED) is 0.801. The molecule has 0 N–H and O–H groups in total. The Balaban J connectivity index is 1.67. The van der Waals surface area contributed by atoms with Crippen molar-refractivity contribution in [3.8, 4) is 0 Å². The van der Waals surface area contributed by atoms with Crippen molar-refractivity contribution in [2.75, 3.05) is 37.7 Å². The van der Waals surface area contributed by atoms with Gasteiger partial charge in [0.1, 0.15) is 6.54 Å². The molecule has 6 nitrogen and oxygen atoms in total. The molecule has 3 rings (SSSR count). The standard InChI is InChI=1S/C17H20Cl2N2O4/c1-12(22)21(14-4-2-3-13(18)16(14)19)11-15(23)20-7-5-17(6-8-20)24-9-10-25-17/h2-4H,5-11H2,1H3. The highest BCUT2D eigenvalue weighted by Gasteiger charge is 2.41. The van der Waals surface area contributed by atoms with Crippen molar-refractivity contribution in [2.24, 2.45) is 0 Å². The number of amides is 2. The van der Waals surface area contributed by atoms with E-state index in [4.69, 9.17) is 32.7 Å². The molecule has 0 unspecified atom stereocenters. The van der Waals surface area contributed by atoms with Crippen molar-refractivity contribution in [1.82, 2.24) is 4.90 Å². The summed E-state index contributed by atoms with van der Waals surface area (Å²) < 4.78 is 11.3. The van der Waals surface area contributed by atoms with E-state index in [0.717, 1.165) is 0 Å². The number of halogens is 2. The lowest BCUT2D eigenvalue weighted by molar-refractivity contribution is -0.187. The van der Waals surface area contributed by atoms with Gasteiger partial charge in [-0.15, -0.1) is 0 Å². The fourth-order valence-electron chi connectivity index (χ4n) is 3.18. The lowest BCUT2D eigenvalue weighted by atomic mass is 10.0. The minimum atomic E-state index is -0.534. The van der Waals surface area contributed by atoms with E-state index in [9.17, 15) is 9.59 Å². The molecule has 1 spiro atoms. The molecule has 2 aliphatic rings. The minimum Gasteiger partial charge on any atom is -0.347 e. The highest BCUT2D eigenvalue weighted by molar-refractivity contribution is 6.44. The SMILES string of the molecule is CC(=O)N(CC(=O)N1CCC2(CC1)OCCO2)c1cccc(Cl)c1Cl. The van der Waals surface area contributed by atoms with E-state index in [-0.39, 0.29) is 23.4 Å². The highest BCUT2D eigenvalue weighted by Crippen LogP contribution is 2.33. The average Bonchev–Trinajstić information content (AvgIpc) is 3.04. The number of ether oxygens (including phenoxy) is 2. The number of likely N-dealkylation sites (tertiary alicyclic amines) is 1. The highest BCUT2D eigenvalue weighted by atomic mass is 35.5. The average molecular weight is 387 g/mol. The maximum Gasteiger partial charge on any atom is 0.242 e. The number of anilines is 1. The Morgan fingerprint density at radius 1 is 1.20 bits per heavy atom. The zero-order valence-corrected chi connectivity index (χ0v) is 15.5. The van der Waals surface area contributed by atoms with Crippen molar-refractivity contribution in [2.45, 2.75) is 25.6 Å². The predicted molar refractivity (Wildman–Crippen MR) is 94.9 cm³/mol. The summed E-state index contributed by atoms with van der Waals surface area (Å²) in [6, 6.07) is 5.01. The van der Waals surface area contributed by atoms with Crippen molar-refractivity contribution in [3.05, 3.63) is 28.2 Å². The summed E-state index contributed by atoms with van der Waals surface area (Å²) in [5.74, 6) is -0.944. The first kappa shape index (κ1) is 18.5. The first-order chi connectivity index (χ1) is 11.9. The van der Waals surface area contributed by atoms with E-state index in [0.29, 0.717) is 49.9 Å². The van der Waals surface area contributed by atoms with Crippen molar-refractivity contribution in [3.63, 3.8) is 0 Å². The summed E-state index contributed by atoms with van der Waals surface area (Å²) in [4.78, 5) is 27.8. The van der Waals surface area contributed by atoms with Crippen LogP contribution in [0.15, 0.2) is 18.2 Å². The largest absolute Gasteiger partial charge is 0.347 e. The number of nitrogens with zero attached hydrogens (tertiary/aromatic N) is 2. The van der Waals surface area contributed by atoms with Crippen molar-refractivity contribution >= 4 is 40.7 Å². The van der Waals surface area contributed by atoms with E-state index < -0.39 is 5.79 Å². The summed E-state index contributed by atoms with van der Waals surface area (Å²) in [5.41, 5.74) is 0.436. The molecule has 0 aromatic heterocycles. The normalized spacial score (nSPS) is 19.2. The molecule has 0 radical (unpaired) electrons. The van der Waals surface area contributed by atoms with Crippen LogP contribution in [0.2, 0.25) is 10.0 Å². The molecule has 25 heavy (non-hydrogen) atoms. The summed E-state index contributed by atoms with van der Waals surface area (Å²) in [7, 11) is 0. The van der Waals surface area contributed by atoms with Crippen LogP contribution in [0, 0.1) is 0 Å². The molecular weight excluding hydrogens is 367 g/mol. The van der Waals surface area contributed by atoms with E-state index in [1.54, 1.807) is 23.1 Å². The Morgan fingerprint density at radius 3 is 2.44 bits per heavy atom. The summed E-state index contributed by atoms with van der Waals surface area (Å²) >= 11 is 12.2. The molecule has 0 bridgehead atoms. The number of hydrogen-bond acceptors (Lipinski definition) is 4.